The zero-order valence-electron chi connectivity index (χ0n) is 11.9. The van der Waals surface area contributed by atoms with E-state index in [0.717, 1.165) is 32.7 Å². The van der Waals surface area contributed by atoms with Crippen molar-refractivity contribution in [3.8, 4) is 0 Å². The zero-order chi connectivity index (χ0) is 14.7. The Bertz CT molecular complexity index is 487. The van der Waals surface area contributed by atoms with Crippen molar-refractivity contribution in [3.05, 3.63) is 22.4 Å². The summed E-state index contributed by atoms with van der Waals surface area (Å²) in [6.07, 6.45) is 0. The Morgan fingerprint density at radius 2 is 2.14 bits per heavy atom. The van der Waals surface area contributed by atoms with Crippen LogP contribution in [0, 0.1) is 0 Å². The lowest BCUT2D eigenvalue weighted by Crippen LogP contribution is -2.60. The SMILES string of the molecule is O=C1CNC(C(=O)N2CCN(Cc3ccsc3)CC2)CN1. The highest BCUT2D eigenvalue weighted by Gasteiger charge is 2.29. The number of carbonyl (C=O) groups excluding carboxylic acids is 2. The van der Waals surface area contributed by atoms with Crippen molar-refractivity contribution in [1.82, 2.24) is 20.4 Å². The first-order valence-corrected chi connectivity index (χ1v) is 8.19. The van der Waals surface area contributed by atoms with E-state index in [9.17, 15) is 9.59 Å². The topological polar surface area (TPSA) is 64.7 Å². The van der Waals surface area contributed by atoms with E-state index in [0.29, 0.717) is 6.54 Å². The molecule has 0 bridgehead atoms. The van der Waals surface area contributed by atoms with Gasteiger partial charge in [-0.25, -0.2) is 0 Å². The van der Waals surface area contributed by atoms with Gasteiger partial charge in [0.25, 0.3) is 0 Å². The minimum atomic E-state index is -0.272. The second kappa shape index (κ2) is 6.55. The Morgan fingerprint density at radius 3 is 2.76 bits per heavy atom. The Balaban J connectivity index is 1.46. The Hall–Kier alpha value is -1.44. The average Bonchev–Trinajstić information content (AvgIpc) is 3.01. The van der Waals surface area contributed by atoms with Crippen LogP contribution in [-0.4, -0.2) is 66.9 Å². The standard InChI is InChI=1S/C14H20N4O2S/c19-13-8-15-12(7-16-13)14(20)18-4-2-17(3-5-18)9-11-1-6-21-10-11/h1,6,10,12,15H,2-5,7-9H2,(H,16,19). The number of hydrogen-bond donors (Lipinski definition) is 2. The smallest absolute Gasteiger partial charge is 0.241 e. The Morgan fingerprint density at radius 1 is 1.33 bits per heavy atom. The number of rotatable bonds is 3. The van der Waals surface area contributed by atoms with Gasteiger partial charge in [0.1, 0.15) is 6.04 Å². The molecule has 21 heavy (non-hydrogen) atoms. The van der Waals surface area contributed by atoms with Crippen LogP contribution in [0.15, 0.2) is 16.8 Å². The van der Waals surface area contributed by atoms with Crippen molar-refractivity contribution in [2.45, 2.75) is 12.6 Å². The fourth-order valence-electron chi connectivity index (χ4n) is 2.73. The van der Waals surface area contributed by atoms with Gasteiger partial charge in [-0.15, -0.1) is 0 Å². The van der Waals surface area contributed by atoms with Crippen molar-refractivity contribution >= 4 is 23.2 Å². The van der Waals surface area contributed by atoms with E-state index < -0.39 is 0 Å². The lowest BCUT2D eigenvalue weighted by atomic mass is 10.2. The molecule has 1 unspecified atom stereocenters. The Kier molecular flexibility index (Phi) is 4.52. The van der Waals surface area contributed by atoms with Gasteiger partial charge in [0.15, 0.2) is 0 Å². The molecule has 2 aliphatic heterocycles. The van der Waals surface area contributed by atoms with Crippen LogP contribution in [-0.2, 0) is 16.1 Å². The largest absolute Gasteiger partial charge is 0.353 e. The third kappa shape index (κ3) is 3.61. The fourth-order valence-corrected chi connectivity index (χ4v) is 3.39. The molecule has 2 amide bonds. The quantitative estimate of drug-likeness (QED) is 0.789. The van der Waals surface area contributed by atoms with Crippen LogP contribution in [0.1, 0.15) is 5.56 Å². The van der Waals surface area contributed by atoms with Crippen LogP contribution in [0.25, 0.3) is 0 Å². The molecule has 2 N–H and O–H groups in total. The van der Waals surface area contributed by atoms with E-state index >= 15 is 0 Å². The predicted molar refractivity (Wildman–Crippen MR) is 81.0 cm³/mol. The number of carbonyl (C=O) groups is 2. The molecular weight excluding hydrogens is 288 g/mol. The fraction of sp³-hybridized carbons (Fsp3) is 0.571. The van der Waals surface area contributed by atoms with Crippen LogP contribution >= 0.6 is 11.3 Å². The highest BCUT2D eigenvalue weighted by atomic mass is 32.1. The molecule has 6 nitrogen and oxygen atoms in total. The molecule has 0 spiro atoms. The summed E-state index contributed by atoms with van der Waals surface area (Å²) >= 11 is 1.72. The molecule has 2 fully saturated rings. The number of thiophene rings is 1. The molecule has 1 aromatic heterocycles. The second-order valence-electron chi connectivity index (χ2n) is 5.47. The first-order valence-electron chi connectivity index (χ1n) is 7.24. The van der Waals surface area contributed by atoms with Gasteiger partial charge in [-0.1, -0.05) is 0 Å². The minimum absolute atomic E-state index is 0.0420. The zero-order valence-corrected chi connectivity index (χ0v) is 12.7. The maximum Gasteiger partial charge on any atom is 0.241 e. The molecule has 0 aliphatic carbocycles. The van der Waals surface area contributed by atoms with E-state index in [1.807, 2.05) is 4.90 Å². The van der Waals surface area contributed by atoms with Crippen LogP contribution in [0.2, 0.25) is 0 Å². The van der Waals surface area contributed by atoms with E-state index in [1.54, 1.807) is 11.3 Å². The first-order chi connectivity index (χ1) is 10.2. The molecule has 2 aliphatic rings. The summed E-state index contributed by atoms with van der Waals surface area (Å²) < 4.78 is 0. The number of piperazine rings is 2. The summed E-state index contributed by atoms with van der Waals surface area (Å²) in [4.78, 5) is 27.8. The molecule has 1 aromatic rings. The molecule has 1 atom stereocenters. The molecular formula is C14H20N4O2S. The number of nitrogens with one attached hydrogen (secondary N) is 2. The van der Waals surface area contributed by atoms with Crippen molar-refractivity contribution < 1.29 is 9.59 Å². The van der Waals surface area contributed by atoms with E-state index in [1.165, 1.54) is 5.56 Å². The molecule has 3 heterocycles. The molecule has 0 radical (unpaired) electrons. The lowest BCUT2D eigenvalue weighted by molar-refractivity contribution is -0.136. The summed E-state index contributed by atoms with van der Waals surface area (Å²) in [5.74, 6) is 0.0600. The van der Waals surface area contributed by atoms with Crippen LogP contribution in [0.4, 0.5) is 0 Å². The van der Waals surface area contributed by atoms with E-state index in [-0.39, 0.29) is 24.4 Å². The van der Waals surface area contributed by atoms with Crippen molar-refractivity contribution in [3.63, 3.8) is 0 Å². The van der Waals surface area contributed by atoms with Gasteiger partial charge in [-0.2, -0.15) is 11.3 Å². The number of amides is 2. The molecule has 2 saturated heterocycles. The first kappa shape index (κ1) is 14.5. The number of hydrogen-bond acceptors (Lipinski definition) is 5. The van der Waals surface area contributed by atoms with Gasteiger partial charge in [0, 0.05) is 39.3 Å². The summed E-state index contributed by atoms with van der Waals surface area (Å²) in [5.41, 5.74) is 1.34. The number of nitrogens with zero attached hydrogens (tertiary/aromatic N) is 2. The van der Waals surface area contributed by atoms with Crippen LogP contribution in [0.3, 0.4) is 0 Å². The Labute approximate surface area is 128 Å². The van der Waals surface area contributed by atoms with Gasteiger partial charge in [-0.05, 0) is 22.4 Å². The van der Waals surface area contributed by atoms with Crippen LogP contribution < -0.4 is 10.6 Å². The second-order valence-corrected chi connectivity index (χ2v) is 6.25. The highest BCUT2D eigenvalue weighted by molar-refractivity contribution is 7.07. The maximum absolute atomic E-state index is 12.4. The molecule has 0 aromatic carbocycles. The molecule has 114 valence electrons. The van der Waals surface area contributed by atoms with Gasteiger partial charge in [-0.3, -0.25) is 19.8 Å². The summed E-state index contributed by atoms with van der Waals surface area (Å²) in [6.45, 7) is 4.91. The van der Waals surface area contributed by atoms with Crippen molar-refractivity contribution in [2.75, 3.05) is 39.3 Å². The molecule has 3 rings (SSSR count). The summed E-state index contributed by atoms with van der Waals surface area (Å²) in [7, 11) is 0. The highest BCUT2D eigenvalue weighted by Crippen LogP contribution is 2.12. The third-order valence-electron chi connectivity index (χ3n) is 3.98. The average molecular weight is 308 g/mol. The van der Waals surface area contributed by atoms with Gasteiger partial charge in [0.2, 0.25) is 11.8 Å². The normalized spacial score (nSPS) is 23.9. The summed E-state index contributed by atoms with van der Waals surface area (Å²) in [5, 5.41) is 10.00. The van der Waals surface area contributed by atoms with Crippen molar-refractivity contribution in [2.24, 2.45) is 0 Å². The van der Waals surface area contributed by atoms with Crippen molar-refractivity contribution in [1.29, 1.82) is 0 Å². The van der Waals surface area contributed by atoms with Gasteiger partial charge < -0.3 is 10.2 Å². The molecule has 0 saturated carbocycles. The third-order valence-corrected chi connectivity index (χ3v) is 4.71. The maximum atomic E-state index is 12.4. The van der Waals surface area contributed by atoms with Gasteiger partial charge >= 0.3 is 0 Å². The predicted octanol–water partition coefficient (Wildman–Crippen LogP) is -0.520. The van der Waals surface area contributed by atoms with Gasteiger partial charge in [0.05, 0.1) is 6.54 Å². The van der Waals surface area contributed by atoms with E-state index in [4.69, 9.17) is 0 Å². The van der Waals surface area contributed by atoms with E-state index in [2.05, 4.69) is 32.4 Å². The lowest BCUT2D eigenvalue weighted by Gasteiger charge is -2.37. The minimum Gasteiger partial charge on any atom is -0.353 e. The van der Waals surface area contributed by atoms with Crippen LogP contribution in [0.5, 0.6) is 0 Å². The monoisotopic (exact) mass is 308 g/mol. The summed E-state index contributed by atoms with van der Waals surface area (Å²) in [6, 6.07) is 1.88. The molecule has 7 heteroatoms.